The van der Waals surface area contributed by atoms with E-state index in [0.29, 0.717) is 6.10 Å². The van der Waals surface area contributed by atoms with Crippen molar-refractivity contribution in [3.05, 3.63) is 39.6 Å². The Kier molecular flexibility index (Phi) is 4.39. The summed E-state index contributed by atoms with van der Waals surface area (Å²) in [6.07, 6.45) is 8.07. The van der Waals surface area contributed by atoms with Crippen molar-refractivity contribution in [1.29, 1.82) is 0 Å². The molecule has 0 aromatic carbocycles. The predicted molar refractivity (Wildman–Crippen MR) is 103 cm³/mol. The van der Waals surface area contributed by atoms with Crippen LogP contribution in [-0.4, -0.2) is 53.1 Å². The average molecular weight is 373 g/mol. The second-order valence-corrected chi connectivity index (χ2v) is 9.21. The highest BCUT2D eigenvalue weighted by atomic mass is 32.1. The van der Waals surface area contributed by atoms with Crippen LogP contribution in [0.1, 0.15) is 52.9 Å². The molecule has 1 spiro atoms. The van der Waals surface area contributed by atoms with Crippen LogP contribution in [0.2, 0.25) is 0 Å². The van der Waals surface area contributed by atoms with Crippen LogP contribution in [0.4, 0.5) is 0 Å². The van der Waals surface area contributed by atoms with Gasteiger partial charge < -0.3 is 9.72 Å². The van der Waals surface area contributed by atoms with Gasteiger partial charge in [0.2, 0.25) is 0 Å². The third kappa shape index (κ3) is 2.83. The molecule has 26 heavy (non-hydrogen) atoms. The standard InChI is InChI=1S/C20H28N4OS/c1-23-9-6-16-19(22-14-21-16)20(23)7-10-24(11-8-20)13-15-4-5-18(26-15)17-3-2-12-25-17/h4-5,14,17H,2-3,6-13H2,1H3,(H,21,22)/t17-/m1/s1. The molecule has 0 aliphatic carbocycles. The van der Waals surface area contributed by atoms with Crippen molar-refractivity contribution in [2.45, 2.75) is 50.3 Å². The van der Waals surface area contributed by atoms with Gasteiger partial charge in [0.15, 0.2) is 0 Å². The topological polar surface area (TPSA) is 44.4 Å². The minimum Gasteiger partial charge on any atom is -0.373 e. The van der Waals surface area contributed by atoms with Gasteiger partial charge in [0.05, 0.1) is 23.7 Å². The summed E-state index contributed by atoms with van der Waals surface area (Å²) in [7, 11) is 2.28. The molecule has 0 amide bonds. The third-order valence-electron chi connectivity index (χ3n) is 6.58. The number of fused-ring (bicyclic) bond motifs is 2. The van der Waals surface area contributed by atoms with Crippen LogP contribution >= 0.6 is 11.3 Å². The molecule has 140 valence electrons. The Hall–Kier alpha value is -1.21. The molecule has 0 saturated carbocycles. The molecule has 2 fully saturated rings. The van der Waals surface area contributed by atoms with Crippen LogP contribution in [0.5, 0.6) is 0 Å². The van der Waals surface area contributed by atoms with E-state index in [4.69, 9.17) is 9.72 Å². The van der Waals surface area contributed by atoms with Crippen LogP contribution in [0.3, 0.4) is 0 Å². The molecule has 5 heterocycles. The molecule has 5 nitrogen and oxygen atoms in total. The molecule has 2 saturated heterocycles. The van der Waals surface area contributed by atoms with E-state index in [2.05, 4.69) is 34.0 Å². The number of imidazole rings is 1. The molecule has 6 heteroatoms. The number of ether oxygens (including phenoxy) is 1. The molecule has 0 radical (unpaired) electrons. The lowest BCUT2D eigenvalue weighted by molar-refractivity contribution is 0.0224. The van der Waals surface area contributed by atoms with Gasteiger partial charge in [-0.25, -0.2) is 4.98 Å². The lowest BCUT2D eigenvalue weighted by Gasteiger charge is -2.49. The van der Waals surface area contributed by atoms with Crippen molar-refractivity contribution < 1.29 is 4.74 Å². The summed E-state index contributed by atoms with van der Waals surface area (Å²) in [5, 5.41) is 0. The van der Waals surface area contributed by atoms with Crippen molar-refractivity contribution in [2.24, 2.45) is 0 Å². The van der Waals surface area contributed by atoms with Gasteiger partial charge in [0, 0.05) is 54.7 Å². The van der Waals surface area contributed by atoms with E-state index >= 15 is 0 Å². The minimum absolute atomic E-state index is 0.141. The highest BCUT2D eigenvalue weighted by molar-refractivity contribution is 7.12. The Morgan fingerprint density at radius 2 is 2.19 bits per heavy atom. The maximum Gasteiger partial charge on any atom is 0.0926 e. The van der Waals surface area contributed by atoms with Gasteiger partial charge in [-0.2, -0.15) is 0 Å². The number of thiophene rings is 1. The molecule has 1 N–H and O–H groups in total. The summed E-state index contributed by atoms with van der Waals surface area (Å²) in [6, 6.07) is 4.59. The largest absolute Gasteiger partial charge is 0.373 e. The van der Waals surface area contributed by atoms with Gasteiger partial charge in [-0.3, -0.25) is 9.80 Å². The molecule has 0 unspecified atom stereocenters. The Balaban J connectivity index is 1.25. The van der Waals surface area contributed by atoms with Crippen molar-refractivity contribution in [3.63, 3.8) is 0 Å². The molecule has 5 rings (SSSR count). The number of nitrogens with zero attached hydrogens (tertiary/aromatic N) is 3. The first-order chi connectivity index (χ1) is 12.7. The zero-order valence-electron chi connectivity index (χ0n) is 15.5. The van der Waals surface area contributed by atoms with Crippen LogP contribution in [0.15, 0.2) is 18.5 Å². The van der Waals surface area contributed by atoms with Crippen molar-refractivity contribution in [1.82, 2.24) is 19.8 Å². The van der Waals surface area contributed by atoms with E-state index in [1.807, 2.05) is 17.7 Å². The fourth-order valence-electron chi connectivity index (χ4n) is 4.96. The maximum absolute atomic E-state index is 5.84. The van der Waals surface area contributed by atoms with E-state index in [1.165, 1.54) is 46.8 Å². The van der Waals surface area contributed by atoms with Crippen molar-refractivity contribution in [2.75, 3.05) is 33.3 Å². The Morgan fingerprint density at radius 1 is 1.31 bits per heavy atom. The van der Waals surface area contributed by atoms with E-state index in [9.17, 15) is 0 Å². The van der Waals surface area contributed by atoms with Crippen LogP contribution in [0, 0.1) is 0 Å². The summed E-state index contributed by atoms with van der Waals surface area (Å²) in [5.41, 5.74) is 2.81. The molecule has 3 aliphatic rings. The number of rotatable bonds is 3. The number of hydrogen-bond donors (Lipinski definition) is 1. The molecular formula is C20H28N4OS. The fraction of sp³-hybridized carbons (Fsp3) is 0.650. The highest BCUT2D eigenvalue weighted by Gasteiger charge is 2.44. The number of H-pyrrole nitrogens is 1. The SMILES string of the molecule is CN1CCc2[nH]cnc2C12CCN(Cc1ccc([C@H]3CCCO3)s1)CC2. The lowest BCUT2D eigenvalue weighted by atomic mass is 9.79. The van der Waals surface area contributed by atoms with Gasteiger partial charge in [0.1, 0.15) is 0 Å². The molecular weight excluding hydrogens is 344 g/mol. The quantitative estimate of drug-likeness (QED) is 0.898. The minimum atomic E-state index is 0.141. The summed E-state index contributed by atoms with van der Waals surface area (Å²) in [5.74, 6) is 0. The first-order valence-corrected chi connectivity index (χ1v) is 10.7. The van der Waals surface area contributed by atoms with E-state index in [1.54, 1.807) is 0 Å². The smallest absolute Gasteiger partial charge is 0.0926 e. The molecule has 0 bridgehead atoms. The molecule has 3 aliphatic heterocycles. The first kappa shape index (κ1) is 16.9. The third-order valence-corrected chi connectivity index (χ3v) is 7.74. The van der Waals surface area contributed by atoms with Crippen molar-refractivity contribution in [3.8, 4) is 0 Å². The summed E-state index contributed by atoms with van der Waals surface area (Å²) >= 11 is 1.95. The van der Waals surface area contributed by atoms with Gasteiger partial charge in [-0.05, 0) is 44.9 Å². The zero-order chi connectivity index (χ0) is 17.6. The Labute approximate surface area is 159 Å². The van der Waals surface area contributed by atoms with Gasteiger partial charge in [0.25, 0.3) is 0 Å². The number of nitrogens with one attached hydrogen (secondary N) is 1. The van der Waals surface area contributed by atoms with Crippen LogP contribution in [0.25, 0.3) is 0 Å². The van der Waals surface area contributed by atoms with E-state index in [0.717, 1.165) is 39.2 Å². The average Bonchev–Trinajstić information content (AvgIpc) is 3.40. The summed E-state index contributed by atoms with van der Waals surface area (Å²) < 4.78 is 5.84. The highest BCUT2D eigenvalue weighted by Crippen LogP contribution is 2.41. The number of likely N-dealkylation sites (N-methyl/N-ethyl adjacent to an activating group) is 1. The summed E-state index contributed by atoms with van der Waals surface area (Å²) in [6.45, 7) is 5.41. The second kappa shape index (κ2) is 6.75. The zero-order valence-corrected chi connectivity index (χ0v) is 16.4. The monoisotopic (exact) mass is 372 g/mol. The maximum atomic E-state index is 5.84. The van der Waals surface area contributed by atoms with Crippen molar-refractivity contribution >= 4 is 11.3 Å². The summed E-state index contributed by atoms with van der Waals surface area (Å²) in [4.78, 5) is 16.1. The fourth-order valence-corrected chi connectivity index (χ4v) is 6.10. The van der Waals surface area contributed by atoms with Gasteiger partial charge in [-0.1, -0.05) is 0 Å². The number of likely N-dealkylation sites (tertiary alicyclic amines) is 1. The molecule has 2 aromatic rings. The van der Waals surface area contributed by atoms with E-state index in [-0.39, 0.29) is 5.54 Å². The number of aromatic amines is 1. The number of hydrogen-bond acceptors (Lipinski definition) is 5. The normalized spacial score (nSPS) is 26.4. The molecule has 1 atom stereocenters. The van der Waals surface area contributed by atoms with Crippen LogP contribution < -0.4 is 0 Å². The predicted octanol–water partition coefficient (Wildman–Crippen LogP) is 3.30. The number of piperidine rings is 1. The van der Waals surface area contributed by atoms with E-state index < -0.39 is 0 Å². The Bertz CT molecular complexity index is 755. The first-order valence-electron chi connectivity index (χ1n) is 9.91. The number of aromatic nitrogens is 2. The second-order valence-electron chi connectivity index (χ2n) is 8.01. The Morgan fingerprint density at radius 3 is 3.00 bits per heavy atom. The molecule has 2 aromatic heterocycles. The van der Waals surface area contributed by atoms with Gasteiger partial charge >= 0.3 is 0 Å². The van der Waals surface area contributed by atoms with Crippen LogP contribution in [-0.2, 0) is 23.2 Å². The van der Waals surface area contributed by atoms with Gasteiger partial charge in [-0.15, -0.1) is 11.3 Å². The lowest BCUT2D eigenvalue weighted by Crippen LogP contribution is -2.54.